The summed E-state index contributed by atoms with van der Waals surface area (Å²) in [5, 5.41) is 3.24. The molecule has 0 spiro atoms. The number of carbonyl (C=O) groups is 1. The number of aromatic amines is 1. The van der Waals surface area contributed by atoms with E-state index in [1.807, 2.05) is 0 Å². The highest BCUT2D eigenvalue weighted by molar-refractivity contribution is 6.04. The van der Waals surface area contributed by atoms with Gasteiger partial charge in [-0.1, -0.05) is 25.7 Å². The molecule has 7 nitrogen and oxygen atoms in total. The molecule has 7 heteroatoms. The molecule has 1 aromatic carbocycles. The van der Waals surface area contributed by atoms with Crippen molar-refractivity contribution in [3.63, 3.8) is 0 Å². The Kier molecular flexibility index (Phi) is 6.08. The number of rotatable bonds is 4. The number of hydrogen-bond donors (Lipinski definition) is 2. The number of anilines is 1. The van der Waals surface area contributed by atoms with Crippen LogP contribution in [-0.4, -0.2) is 65.0 Å². The predicted octanol–water partition coefficient (Wildman–Crippen LogP) is 3.83. The molecule has 0 bridgehead atoms. The zero-order chi connectivity index (χ0) is 21.9. The van der Waals surface area contributed by atoms with E-state index in [2.05, 4.69) is 61.4 Å². The lowest BCUT2D eigenvalue weighted by atomic mass is 10.1. The van der Waals surface area contributed by atoms with Gasteiger partial charge in [-0.05, 0) is 50.2 Å². The van der Waals surface area contributed by atoms with Crippen molar-refractivity contribution >= 4 is 22.8 Å². The molecule has 3 heterocycles. The molecule has 3 aromatic rings. The van der Waals surface area contributed by atoms with Gasteiger partial charge in [-0.15, -0.1) is 0 Å². The van der Waals surface area contributed by atoms with Gasteiger partial charge in [-0.2, -0.15) is 0 Å². The van der Waals surface area contributed by atoms with Crippen molar-refractivity contribution in [3.8, 4) is 11.4 Å². The summed E-state index contributed by atoms with van der Waals surface area (Å²) in [5.74, 6) is 0.706. The summed E-state index contributed by atoms with van der Waals surface area (Å²) in [4.78, 5) is 30.2. The fourth-order valence-corrected chi connectivity index (χ4v) is 4.82. The van der Waals surface area contributed by atoms with Crippen LogP contribution in [0.15, 0.2) is 36.5 Å². The molecule has 1 amide bonds. The van der Waals surface area contributed by atoms with Gasteiger partial charge in [0.05, 0.1) is 11.1 Å². The van der Waals surface area contributed by atoms with Gasteiger partial charge in [-0.25, -0.2) is 9.97 Å². The monoisotopic (exact) mass is 432 g/mol. The van der Waals surface area contributed by atoms with Gasteiger partial charge < -0.3 is 20.1 Å². The lowest BCUT2D eigenvalue weighted by Crippen LogP contribution is -2.44. The normalized spacial score (nSPS) is 18.6. The van der Waals surface area contributed by atoms with E-state index in [-0.39, 0.29) is 11.9 Å². The maximum Gasteiger partial charge on any atom is 0.253 e. The Morgan fingerprint density at radius 3 is 2.44 bits per heavy atom. The molecule has 2 aromatic heterocycles. The number of nitrogens with zero attached hydrogens (tertiary/aromatic N) is 4. The van der Waals surface area contributed by atoms with Gasteiger partial charge in [0.25, 0.3) is 5.91 Å². The number of aromatic nitrogens is 3. The minimum Gasteiger partial charge on any atom is -0.369 e. The first kappa shape index (κ1) is 20.9. The van der Waals surface area contributed by atoms with Crippen LogP contribution >= 0.6 is 0 Å². The first-order chi connectivity index (χ1) is 15.7. The van der Waals surface area contributed by atoms with Crippen LogP contribution < -0.4 is 10.2 Å². The molecule has 1 aliphatic heterocycles. The number of piperazine rings is 1. The molecule has 1 aliphatic carbocycles. The number of hydrogen-bond acceptors (Lipinski definition) is 5. The first-order valence-electron chi connectivity index (χ1n) is 11.9. The van der Waals surface area contributed by atoms with E-state index in [1.54, 1.807) is 12.3 Å². The summed E-state index contributed by atoms with van der Waals surface area (Å²) < 4.78 is 0. The summed E-state index contributed by atoms with van der Waals surface area (Å²) in [7, 11) is 2.17. The van der Waals surface area contributed by atoms with E-state index < -0.39 is 0 Å². The highest BCUT2D eigenvalue weighted by atomic mass is 16.1. The van der Waals surface area contributed by atoms with Crippen LogP contribution in [0.3, 0.4) is 0 Å². The van der Waals surface area contributed by atoms with Crippen molar-refractivity contribution in [2.75, 3.05) is 38.1 Å². The molecule has 1 saturated heterocycles. The highest BCUT2D eigenvalue weighted by Gasteiger charge is 2.20. The standard InChI is InChI=1S/C25H32N6O/c1-30-14-16-31(17-15-30)20-10-8-18(9-11-20)23-28-22-21(12-13-26-24(22)29-23)25(32)27-19-6-4-2-3-5-7-19/h8-13,19H,2-7,14-17H2,1H3,(H,27,32)(H,26,28,29). The number of carbonyl (C=O) groups excluding carboxylic acids is 1. The lowest BCUT2D eigenvalue weighted by molar-refractivity contribution is 0.0935. The maximum atomic E-state index is 13.0. The van der Waals surface area contributed by atoms with Crippen LogP contribution in [0.25, 0.3) is 22.6 Å². The van der Waals surface area contributed by atoms with Gasteiger partial charge in [0.15, 0.2) is 5.65 Å². The van der Waals surface area contributed by atoms with Crippen LogP contribution in [-0.2, 0) is 0 Å². The number of pyridine rings is 1. The minimum atomic E-state index is -0.0371. The van der Waals surface area contributed by atoms with Gasteiger partial charge in [0.1, 0.15) is 5.82 Å². The third-order valence-corrected chi connectivity index (χ3v) is 6.84. The molecule has 0 atom stereocenters. The highest BCUT2D eigenvalue weighted by Crippen LogP contribution is 2.25. The van der Waals surface area contributed by atoms with E-state index in [0.717, 1.165) is 50.4 Å². The third kappa shape index (κ3) is 4.48. The smallest absolute Gasteiger partial charge is 0.253 e. The average Bonchev–Trinajstić information content (AvgIpc) is 3.10. The molecule has 2 aliphatic rings. The summed E-state index contributed by atoms with van der Waals surface area (Å²) in [6.45, 7) is 4.26. The van der Waals surface area contributed by atoms with Gasteiger partial charge in [0.2, 0.25) is 0 Å². The Bertz CT molecular complexity index is 1060. The van der Waals surface area contributed by atoms with Crippen LogP contribution in [0, 0.1) is 0 Å². The van der Waals surface area contributed by atoms with Crippen molar-refractivity contribution in [1.29, 1.82) is 0 Å². The van der Waals surface area contributed by atoms with Crippen molar-refractivity contribution in [3.05, 3.63) is 42.1 Å². The number of benzene rings is 1. The van der Waals surface area contributed by atoms with Crippen molar-refractivity contribution in [2.45, 2.75) is 44.6 Å². The number of imidazole rings is 1. The molecule has 1 saturated carbocycles. The number of fused-ring (bicyclic) bond motifs is 1. The van der Waals surface area contributed by atoms with E-state index in [1.165, 1.54) is 31.4 Å². The number of amides is 1. The Morgan fingerprint density at radius 2 is 1.72 bits per heavy atom. The van der Waals surface area contributed by atoms with E-state index in [4.69, 9.17) is 0 Å². The second kappa shape index (κ2) is 9.28. The SMILES string of the molecule is CN1CCN(c2ccc(-c3nc4nccc(C(=O)NC5CCCCCC5)c4[nH]3)cc2)CC1. The topological polar surface area (TPSA) is 77.2 Å². The Balaban J connectivity index is 1.35. The molecule has 2 fully saturated rings. The largest absolute Gasteiger partial charge is 0.369 e. The van der Waals surface area contributed by atoms with Crippen molar-refractivity contribution in [1.82, 2.24) is 25.2 Å². The second-order valence-electron chi connectivity index (χ2n) is 9.14. The fourth-order valence-electron chi connectivity index (χ4n) is 4.82. The minimum absolute atomic E-state index is 0.0371. The molecular formula is C25H32N6O. The third-order valence-electron chi connectivity index (χ3n) is 6.84. The van der Waals surface area contributed by atoms with Crippen molar-refractivity contribution < 1.29 is 4.79 Å². The van der Waals surface area contributed by atoms with Gasteiger partial charge in [0, 0.05) is 49.7 Å². The van der Waals surface area contributed by atoms with Gasteiger partial charge in [-0.3, -0.25) is 4.79 Å². The molecule has 0 radical (unpaired) electrons. The Morgan fingerprint density at radius 1 is 1.00 bits per heavy atom. The molecular weight excluding hydrogens is 400 g/mol. The number of likely N-dealkylation sites (N-methyl/N-ethyl adjacent to an activating group) is 1. The fraction of sp³-hybridized carbons (Fsp3) is 0.480. The molecule has 168 valence electrons. The van der Waals surface area contributed by atoms with Crippen LogP contribution in [0.5, 0.6) is 0 Å². The number of H-pyrrole nitrogens is 1. The summed E-state index contributed by atoms with van der Waals surface area (Å²) >= 11 is 0. The molecule has 2 N–H and O–H groups in total. The molecule has 5 rings (SSSR count). The summed E-state index contributed by atoms with van der Waals surface area (Å²) in [6.07, 6.45) is 8.71. The zero-order valence-corrected chi connectivity index (χ0v) is 18.8. The van der Waals surface area contributed by atoms with Crippen LogP contribution in [0.4, 0.5) is 5.69 Å². The Hall–Kier alpha value is -2.93. The van der Waals surface area contributed by atoms with E-state index >= 15 is 0 Å². The summed E-state index contributed by atoms with van der Waals surface area (Å²) in [5.41, 5.74) is 4.14. The quantitative estimate of drug-likeness (QED) is 0.613. The van der Waals surface area contributed by atoms with E-state index in [0.29, 0.717) is 16.7 Å². The van der Waals surface area contributed by atoms with Crippen molar-refractivity contribution in [2.24, 2.45) is 0 Å². The lowest BCUT2D eigenvalue weighted by Gasteiger charge is -2.34. The van der Waals surface area contributed by atoms with E-state index in [9.17, 15) is 4.79 Å². The average molecular weight is 433 g/mol. The zero-order valence-electron chi connectivity index (χ0n) is 18.8. The van der Waals surface area contributed by atoms with Crippen LogP contribution in [0.1, 0.15) is 48.9 Å². The number of nitrogens with one attached hydrogen (secondary N) is 2. The predicted molar refractivity (Wildman–Crippen MR) is 128 cm³/mol. The van der Waals surface area contributed by atoms with Gasteiger partial charge >= 0.3 is 0 Å². The molecule has 32 heavy (non-hydrogen) atoms. The second-order valence-corrected chi connectivity index (χ2v) is 9.14. The molecule has 0 unspecified atom stereocenters. The first-order valence-corrected chi connectivity index (χ1v) is 11.9. The maximum absolute atomic E-state index is 13.0. The van der Waals surface area contributed by atoms with Crippen LogP contribution in [0.2, 0.25) is 0 Å². The Labute approximate surface area is 189 Å². The summed E-state index contributed by atoms with van der Waals surface area (Å²) in [6, 6.07) is 10.5.